The van der Waals surface area contributed by atoms with Gasteiger partial charge in [-0.1, -0.05) is 18.2 Å². The molecule has 0 radical (unpaired) electrons. The van der Waals surface area contributed by atoms with E-state index >= 15 is 0 Å². The van der Waals surface area contributed by atoms with Crippen LogP contribution in [-0.4, -0.2) is 13.2 Å². The summed E-state index contributed by atoms with van der Waals surface area (Å²) in [5, 5.41) is 9.01. The van der Waals surface area contributed by atoms with Crippen molar-refractivity contribution >= 4 is 5.69 Å². The van der Waals surface area contributed by atoms with Gasteiger partial charge in [-0.15, -0.1) is 0 Å². The zero-order chi connectivity index (χ0) is 13.9. The van der Waals surface area contributed by atoms with Crippen LogP contribution in [0.2, 0.25) is 0 Å². The van der Waals surface area contributed by atoms with Crippen LogP contribution in [0.15, 0.2) is 42.5 Å². The SMILES string of the molecule is Cc1cc(N2CCOc3ccccc3C2)ccc1C#N. The number of rotatable bonds is 1. The van der Waals surface area contributed by atoms with Crippen LogP contribution in [0.5, 0.6) is 5.75 Å². The molecule has 0 saturated carbocycles. The van der Waals surface area contributed by atoms with Crippen molar-refractivity contribution in [1.82, 2.24) is 0 Å². The molecule has 0 N–H and O–H groups in total. The molecule has 1 heterocycles. The molecule has 1 aliphatic heterocycles. The predicted molar refractivity (Wildman–Crippen MR) is 78.9 cm³/mol. The zero-order valence-corrected chi connectivity index (χ0v) is 11.5. The fourth-order valence-electron chi connectivity index (χ4n) is 2.52. The molecule has 3 rings (SSSR count). The summed E-state index contributed by atoms with van der Waals surface area (Å²) in [6.45, 7) is 4.34. The van der Waals surface area contributed by atoms with E-state index in [-0.39, 0.29) is 0 Å². The summed E-state index contributed by atoms with van der Waals surface area (Å²) in [5.41, 5.74) is 4.09. The summed E-state index contributed by atoms with van der Waals surface area (Å²) in [7, 11) is 0. The molecule has 0 aromatic heterocycles. The number of aryl methyl sites for hydroxylation is 1. The lowest BCUT2D eigenvalue weighted by Crippen LogP contribution is -2.25. The first-order chi connectivity index (χ1) is 9.78. The van der Waals surface area contributed by atoms with E-state index in [0.717, 1.165) is 35.7 Å². The Hall–Kier alpha value is -2.47. The Balaban J connectivity index is 1.92. The Morgan fingerprint density at radius 2 is 2.05 bits per heavy atom. The molecule has 0 amide bonds. The maximum absolute atomic E-state index is 9.01. The molecule has 2 aromatic carbocycles. The van der Waals surface area contributed by atoms with Gasteiger partial charge in [-0.05, 0) is 36.8 Å². The van der Waals surface area contributed by atoms with Crippen LogP contribution in [0.3, 0.4) is 0 Å². The second-order valence-electron chi connectivity index (χ2n) is 4.99. The molecule has 0 saturated heterocycles. The number of ether oxygens (including phenoxy) is 1. The van der Waals surface area contributed by atoms with Crippen LogP contribution in [0.1, 0.15) is 16.7 Å². The van der Waals surface area contributed by atoms with E-state index in [1.54, 1.807) is 0 Å². The standard InChI is InChI=1S/C17H16N2O/c1-13-10-16(7-6-14(13)11-18)19-8-9-20-17-5-3-2-4-15(17)12-19/h2-7,10H,8-9,12H2,1H3. The fourth-order valence-corrected chi connectivity index (χ4v) is 2.52. The van der Waals surface area contributed by atoms with Gasteiger partial charge in [0.2, 0.25) is 0 Å². The van der Waals surface area contributed by atoms with Crippen LogP contribution in [-0.2, 0) is 6.54 Å². The van der Waals surface area contributed by atoms with Crippen molar-refractivity contribution in [3.05, 3.63) is 59.2 Å². The average Bonchev–Trinajstić information content (AvgIpc) is 2.69. The van der Waals surface area contributed by atoms with E-state index in [9.17, 15) is 0 Å². The van der Waals surface area contributed by atoms with Crippen LogP contribution in [0.4, 0.5) is 5.69 Å². The third-order valence-electron chi connectivity index (χ3n) is 3.65. The van der Waals surface area contributed by atoms with Gasteiger partial charge in [0.15, 0.2) is 0 Å². The number of hydrogen-bond acceptors (Lipinski definition) is 3. The van der Waals surface area contributed by atoms with E-state index in [2.05, 4.69) is 23.1 Å². The smallest absolute Gasteiger partial charge is 0.124 e. The summed E-state index contributed by atoms with van der Waals surface area (Å²) < 4.78 is 5.78. The molecule has 0 unspecified atom stereocenters. The topological polar surface area (TPSA) is 36.3 Å². The van der Waals surface area contributed by atoms with Crippen molar-refractivity contribution in [3.8, 4) is 11.8 Å². The van der Waals surface area contributed by atoms with E-state index in [0.29, 0.717) is 6.61 Å². The van der Waals surface area contributed by atoms with Gasteiger partial charge >= 0.3 is 0 Å². The number of nitriles is 1. The van der Waals surface area contributed by atoms with Gasteiger partial charge in [0.1, 0.15) is 12.4 Å². The molecular formula is C17H16N2O. The largest absolute Gasteiger partial charge is 0.491 e. The molecule has 0 bridgehead atoms. The minimum Gasteiger partial charge on any atom is -0.491 e. The highest BCUT2D eigenvalue weighted by Crippen LogP contribution is 2.27. The van der Waals surface area contributed by atoms with E-state index in [1.165, 1.54) is 5.56 Å². The first-order valence-electron chi connectivity index (χ1n) is 6.74. The number of anilines is 1. The minimum atomic E-state index is 0.677. The van der Waals surface area contributed by atoms with Crippen molar-refractivity contribution in [3.63, 3.8) is 0 Å². The third kappa shape index (κ3) is 2.33. The minimum absolute atomic E-state index is 0.677. The number of fused-ring (bicyclic) bond motifs is 1. The first-order valence-corrected chi connectivity index (χ1v) is 6.74. The van der Waals surface area contributed by atoms with Crippen LogP contribution in [0, 0.1) is 18.3 Å². The van der Waals surface area contributed by atoms with Crippen molar-refractivity contribution in [2.24, 2.45) is 0 Å². The second-order valence-corrected chi connectivity index (χ2v) is 4.99. The maximum Gasteiger partial charge on any atom is 0.124 e. The Morgan fingerprint density at radius 3 is 2.85 bits per heavy atom. The van der Waals surface area contributed by atoms with Crippen LogP contribution >= 0.6 is 0 Å². The molecule has 0 fully saturated rings. The summed E-state index contributed by atoms with van der Waals surface area (Å²) in [4.78, 5) is 2.29. The van der Waals surface area contributed by atoms with E-state index in [1.807, 2.05) is 37.3 Å². The van der Waals surface area contributed by atoms with E-state index < -0.39 is 0 Å². The Labute approximate surface area is 119 Å². The highest BCUT2D eigenvalue weighted by molar-refractivity contribution is 5.54. The van der Waals surface area contributed by atoms with Crippen LogP contribution in [0.25, 0.3) is 0 Å². The first kappa shape index (κ1) is 12.6. The normalized spacial score (nSPS) is 13.9. The zero-order valence-electron chi connectivity index (χ0n) is 11.5. The maximum atomic E-state index is 9.01. The number of para-hydroxylation sites is 1. The van der Waals surface area contributed by atoms with E-state index in [4.69, 9.17) is 10.00 Å². The summed E-state index contributed by atoms with van der Waals surface area (Å²) in [6, 6.07) is 16.3. The van der Waals surface area contributed by atoms with Gasteiger partial charge in [0, 0.05) is 17.8 Å². The summed E-state index contributed by atoms with van der Waals surface area (Å²) >= 11 is 0. The van der Waals surface area contributed by atoms with Crippen LogP contribution < -0.4 is 9.64 Å². The van der Waals surface area contributed by atoms with Gasteiger partial charge in [0.05, 0.1) is 18.2 Å². The van der Waals surface area contributed by atoms with Gasteiger partial charge in [-0.3, -0.25) is 0 Å². The molecule has 3 heteroatoms. The third-order valence-corrected chi connectivity index (χ3v) is 3.65. The average molecular weight is 264 g/mol. The summed E-state index contributed by atoms with van der Waals surface area (Å²) in [6.07, 6.45) is 0. The number of nitrogens with zero attached hydrogens (tertiary/aromatic N) is 2. The lowest BCUT2D eigenvalue weighted by molar-refractivity contribution is 0.331. The molecule has 0 atom stereocenters. The van der Waals surface area contributed by atoms with Gasteiger partial charge in [-0.2, -0.15) is 5.26 Å². The Bertz CT molecular complexity index is 673. The molecule has 20 heavy (non-hydrogen) atoms. The lowest BCUT2D eigenvalue weighted by Gasteiger charge is -2.22. The quantitative estimate of drug-likeness (QED) is 0.793. The van der Waals surface area contributed by atoms with Crippen molar-refractivity contribution in [2.45, 2.75) is 13.5 Å². The molecule has 100 valence electrons. The van der Waals surface area contributed by atoms with Gasteiger partial charge in [-0.25, -0.2) is 0 Å². The molecular weight excluding hydrogens is 248 g/mol. The summed E-state index contributed by atoms with van der Waals surface area (Å²) in [5.74, 6) is 0.973. The second kappa shape index (κ2) is 5.26. The fraction of sp³-hybridized carbons (Fsp3) is 0.235. The van der Waals surface area contributed by atoms with Gasteiger partial charge < -0.3 is 9.64 Å². The highest BCUT2D eigenvalue weighted by atomic mass is 16.5. The lowest BCUT2D eigenvalue weighted by atomic mass is 10.1. The van der Waals surface area contributed by atoms with Crippen molar-refractivity contribution in [2.75, 3.05) is 18.1 Å². The Kier molecular flexibility index (Phi) is 3.30. The van der Waals surface area contributed by atoms with Crippen molar-refractivity contribution in [1.29, 1.82) is 5.26 Å². The van der Waals surface area contributed by atoms with Gasteiger partial charge in [0.25, 0.3) is 0 Å². The molecule has 1 aliphatic rings. The molecule has 3 nitrogen and oxygen atoms in total. The monoisotopic (exact) mass is 264 g/mol. The molecule has 2 aromatic rings. The Morgan fingerprint density at radius 1 is 1.20 bits per heavy atom. The number of hydrogen-bond donors (Lipinski definition) is 0. The number of benzene rings is 2. The molecule has 0 spiro atoms. The highest BCUT2D eigenvalue weighted by Gasteiger charge is 2.15. The van der Waals surface area contributed by atoms with Crippen molar-refractivity contribution < 1.29 is 4.74 Å². The predicted octanol–water partition coefficient (Wildman–Crippen LogP) is 3.27. The molecule has 0 aliphatic carbocycles.